The van der Waals surface area contributed by atoms with E-state index in [2.05, 4.69) is 16.5 Å². The molecule has 110 valence electrons. The van der Waals surface area contributed by atoms with E-state index in [1.165, 1.54) is 0 Å². The molecule has 3 aliphatic rings. The van der Waals surface area contributed by atoms with Crippen LogP contribution in [0.25, 0.3) is 0 Å². The van der Waals surface area contributed by atoms with Gasteiger partial charge in [-0.15, -0.1) is 0 Å². The number of rotatable bonds is 4. The third kappa shape index (κ3) is 2.75. The van der Waals surface area contributed by atoms with Crippen molar-refractivity contribution in [3.8, 4) is 0 Å². The van der Waals surface area contributed by atoms with Crippen LogP contribution < -0.4 is 4.72 Å². The molecule has 3 aliphatic heterocycles. The first-order chi connectivity index (χ1) is 9.58. The summed E-state index contributed by atoms with van der Waals surface area (Å²) in [5, 5.41) is 0. The van der Waals surface area contributed by atoms with Crippen LogP contribution in [0.5, 0.6) is 0 Å². The van der Waals surface area contributed by atoms with Crippen LogP contribution in [-0.2, 0) is 16.4 Å². The monoisotopic (exact) mass is 294 g/mol. The molecular formula is C15H22N2O2S. The molecule has 3 fully saturated rings. The summed E-state index contributed by atoms with van der Waals surface area (Å²) in [5.41, 5.74) is 1.16. The molecule has 3 saturated heterocycles. The predicted molar refractivity (Wildman–Crippen MR) is 79.1 cm³/mol. The molecule has 0 radical (unpaired) electrons. The minimum absolute atomic E-state index is 0.0772. The standard InChI is InChI=1S/C15H22N2O2S/c1-2-12-3-5-14(6-4-12)20(18,19)16-15-11-17-9-7-13(15)8-10-17/h3-6,13,15-16H,2,7-11H2,1H3. The maximum absolute atomic E-state index is 12.4. The zero-order valence-electron chi connectivity index (χ0n) is 11.9. The van der Waals surface area contributed by atoms with Gasteiger partial charge in [-0.05, 0) is 56.0 Å². The van der Waals surface area contributed by atoms with Crippen LogP contribution in [0.15, 0.2) is 29.2 Å². The van der Waals surface area contributed by atoms with Crippen LogP contribution in [0.2, 0.25) is 0 Å². The van der Waals surface area contributed by atoms with Crippen molar-refractivity contribution in [1.82, 2.24) is 9.62 Å². The second kappa shape index (κ2) is 5.47. The molecule has 0 saturated carbocycles. The van der Waals surface area contributed by atoms with Crippen LogP contribution in [0.1, 0.15) is 25.3 Å². The number of nitrogens with one attached hydrogen (secondary N) is 1. The highest BCUT2D eigenvalue weighted by Gasteiger charge is 2.36. The Kier molecular flexibility index (Phi) is 3.84. The average molecular weight is 294 g/mol. The molecule has 0 amide bonds. The molecule has 1 N–H and O–H groups in total. The number of sulfonamides is 1. The van der Waals surface area contributed by atoms with Gasteiger partial charge in [-0.2, -0.15) is 0 Å². The van der Waals surface area contributed by atoms with Crippen molar-refractivity contribution in [3.05, 3.63) is 29.8 Å². The Hall–Kier alpha value is -0.910. The number of nitrogens with zero attached hydrogens (tertiary/aromatic N) is 1. The quantitative estimate of drug-likeness (QED) is 0.918. The Morgan fingerprint density at radius 1 is 1.20 bits per heavy atom. The summed E-state index contributed by atoms with van der Waals surface area (Å²) in [7, 11) is -3.38. The van der Waals surface area contributed by atoms with E-state index in [0.717, 1.165) is 44.5 Å². The lowest BCUT2D eigenvalue weighted by atomic mass is 9.85. The molecule has 20 heavy (non-hydrogen) atoms. The highest BCUT2D eigenvalue weighted by atomic mass is 32.2. The minimum Gasteiger partial charge on any atom is -0.302 e. The number of benzene rings is 1. The lowest BCUT2D eigenvalue weighted by Crippen LogP contribution is -2.57. The maximum Gasteiger partial charge on any atom is 0.240 e. The van der Waals surface area contributed by atoms with Gasteiger partial charge in [0.2, 0.25) is 10.0 Å². The van der Waals surface area contributed by atoms with Gasteiger partial charge in [-0.25, -0.2) is 13.1 Å². The van der Waals surface area contributed by atoms with E-state index >= 15 is 0 Å². The van der Waals surface area contributed by atoms with Crippen molar-refractivity contribution in [2.75, 3.05) is 19.6 Å². The van der Waals surface area contributed by atoms with Crippen molar-refractivity contribution < 1.29 is 8.42 Å². The Bertz CT molecular complexity index is 560. The summed E-state index contributed by atoms with van der Waals surface area (Å²) >= 11 is 0. The van der Waals surface area contributed by atoms with Gasteiger partial charge in [-0.3, -0.25) is 0 Å². The number of aryl methyl sites for hydroxylation is 1. The lowest BCUT2D eigenvalue weighted by molar-refractivity contribution is 0.0827. The van der Waals surface area contributed by atoms with Crippen molar-refractivity contribution in [2.24, 2.45) is 5.92 Å². The van der Waals surface area contributed by atoms with Crippen LogP contribution in [-0.4, -0.2) is 39.0 Å². The Balaban J connectivity index is 1.74. The topological polar surface area (TPSA) is 49.4 Å². The second-order valence-electron chi connectivity index (χ2n) is 5.86. The van der Waals surface area contributed by atoms with E-state index in [1.54, 1.807) is 12.1 Å². The van der Waals surface area contributed by atoms with E-state index < -0.39 is 10.0 Å². The van der Waals surface area contributed by atoms with Gasteiger partial charge in [0.25, 0.3) is 0 Å². The van der Waals surface area contributed by atoms with Gasteiger partial charge in [0, 0.05) is 12.6 Å². The van der Waals surface area contributed by atoms with E-state index in [4.69, 9.17) is 0 Å². The van der Waals surface area contributed by atoms with Gasteiger partial charge in [0.15, 0.2) is 0 Å². The van der Waals surface area contributed by atoms with E-state index in [9.17, 15) is 8.42 Å². The highest BCUT2D eigenvalue weighted by molar-refractivity contribution is 7.89. The molecule has 0 spiro atoms. The lowest BCUT2D eigenvalue weighted by Gasteiger charge is -2.44. The van der Waals surface area contributed by atoms with Crippen LogP contribution in [0, 0.1) is 5.92 Å². The third-order valence-electron chi connectivity index (χ3n) is 4.60. The summed E-state index contributed by atoms with van der Waals surface area (Å²) < 4.78 is 27.8. The van der Waals surface area contributed by atoms with Crippen LogP contribution in [0.4, 0.5) is 0 Å². The Morgan fingerprint density at radius 2 is 1.85 bits per heavy atom. The SMILES string of the molecule is CCc1ccc(S(=O)(=O)NC2CN3CCC2CC3)cc1. The molecule has 0 aromatic heterocycles. The summed E-state index contributed by atoms with van der Waals surface area (Å²) in [6, 6.07) is 7.29. The van der Waals surface area contributed by atoms with E-state index in [0.29, 0.717) is 10.8 Å². The normalized spacial score (nSPS) is 29.6. The molecule has 4 rings (SSSR count). The third-order valence-corrected chi connectivity index (χ3v) is 6.11. The van der Waals surface area contributed by atoms with E-state index in [1.807, 2.05) is 12.1 Å². The van der Waals surface area contributed by atoms with E-state index in [-0.39, 0.29) is 6.04 Å². The fraction of sp³-hybridized carbons (Fsp3) is 0.600. The molecule has 3 heterocycles. The first-order valence-corrected chi connectivity index (χ1v) is 8.90. The smallest absolute Gasteiger partial charge is 0.240 e. The number of fused-ring (bicyclic) bond motifs is 3. The predicted octanol–water partition coefficient (Wildman–Crippen LogP) is 1.62. The van der Waals surface area contributed by atoms with Gasteiger partial charge >= 0.3 is 0 Å². The van der Waals surface area contributed by atoms with Crippen molar-refractivity contribution in [3.63, 3.8) is 0 Å². The van der Waals surface area contributed by atoms with Crippen molar-refractivity contribution in [2.45, 2.75) is 37.1 Å². The molecule has 5 heteroatoms. The zero-order chi connectivity index (χ0) is 14.2. The molecular weight excluding hydrogens is 272 g/mol. The Labute approximate surface area is 121 Å². The largest absolute Gasteiger partial charge is 0.302 e. The zero-order valence-corrected chi connectivity index (χ0v) is 12.7. The van der Waals surface area contributed by atoms with Crippen molar-refractivity contribution in [1.29, 1.82) is 0 Å². The summed E-state index contributed by atoms with van der Waals surface area (Å²) in [6.07, 6.45) is 3.15. The summed E-state index contributed by atoms with van der Waals surface area (Å²) in [5.74, 6) is 0.504. The van der Waals surface area contributed by atoms with Gasteiger partial charge in [0.1, 0.15) is 0 Å². The molecule has 1 unspecified atom stereocenters. The first-order valence-electron chi connectivity index (χ1n) is 7.42. The summed E-state index contributed by atoms with van der Waals surface area (Å²) in [6.45, 7) is 5.16. The van der Waals surface area contributed by atoms with Gasteiger partial charge in [-0.1, -0.05) is 19.1 Å². The number of piperidine rings is 3. The van der Waals surface area contributed by atoms with Crippen LogP contribution >= 0.6 is 0 Å². The molecule has 1 aromatic rings. The second-order valence-corrected chi connectivity index (χ2v) is 7.58. The highest BCUT2D eigenvalue weighted by Crippen LogP contribution is 2.28. The number of hydrogen-bond acceptors (Lipinski definition) is 3. The Morgan fingerprint density at radius 3 is 2.35 bits per heavy atom. The molecule has 1 aromatic carbocycles. The van der Waals surface area contributed by atoms with Crippen LogP contribution in [0.3, 0.4) is 0 Å². The molecule has 0 aliphatic carbocycles. The molecule has 1 atom stereocenters. The first kappa shape index (κ1) is 14.0. The molecule has 2 bridgehead atoms. The summed E-state index contributed by atoms with van der Waals surface area (Å²) in [4.78, 5) is 2.74. The average Bonchev–Trinajstić information content (AvgIpc) is 2.48. The fourth-order valence-corrected chi connectivity index (χ4v) is 4.57. The fourth-order valence-electron chi connectivity index (χ4n) is 3.27. The maximum atomic E-state index is 12.4. The van der Waals surface area contributed by atoms with Gasteiger partial charge < -0.3 is 4.90 Å². The number of hydrogen-bond donors (Lipinski definition) is 1. The van der Waals surface area contributed by atoms with Gasteiger partial charge in [0.05, 0.1) is 4.90 Å². The molecule has 4 nitrogen and oxygen atoms in total. The van der Waals surface area contributed by atoms with Crippen molar-refractivity contribution >= 4 is 10.0 Å². The minimum atomic E-state index is -3.38.